The number of nitrogens with zero attached hydrogens (tertiary/aromatic N) is 2. The molecule has 0 spiro atoms. The van der Waals surface area contributed by atoms with E-state index >= 15 is 0 Å². The summed E-state index contributed by atoms with van der Waals surface area (Å²) in [4.78, 5) is 5.48. The number of hydrogen-bond acceptors (Lipinski definition) is 3. The zero-order valence-electron chi connectivity index (χ0n) is 42.2. The molecule has 2 aliphatic heterocycles. The number of benzene rings is 5. The van der Waals surface area contributed by atoms with Crippen LogP contribution in [0.4, 0.5) is 34.1 Å². The molecule has 2 nitrogen and oxygen atoms in total. The molecule has 10 rings (SSSR count). The molecule has 331 valence electrons. The van der Waals surface area contributed by atoms with Crippen LogP contribution in [0.5, 0.6) is 0 Å². The first-order valence-corrected chi connectivity index (χ1v) is 27.6. The highest BCUT2D eigenvalue weighted by atomic mass is 32.1. The number of hydrogen-bond donors (Lipinski definition) is 0. The smallest absolute Gasteiger partial charge is 0.264 e. The van der Waals surface area contributed by atoms with Gasteiger partial charge < -0.3 is 9.80 Å². The topological polar surface area (TPSA) is 6.48 Å². The van der Waals surface area contributed by atoms with Crippen LogP contribution in [0.3, 0.4) is 0 Å². The molecule has 5 aromatic carbocycles. The van der Waals surface area contributed by atoms with Gasteiger partial charge in [0.25, 0.3) is 6.71 Å². The van der Waals surface area contributed by atoms with Crippen molar-refractivity contribution in [2.24, 2.45) is 0 Å². The van der Waals surface area contributed by atoms with Crippen LogP contribution in [-0.4, -0.2) is 15.5 Å². The molecule has 1 radical (unpaired) electrons. The Balaban J connectivity index is 1.35. The van der Waals surface area contributed by atoms with Crippen molar-refractivity contribution in [3.63, 3.8) is 0 Å². The third kappa shape index (κ3) is 6.58. The molecular weight excluding hydrogens is 808 g/mol. The second-order valence-corrected chi connectivity index (χ2v) is 28.9. The lowest BCUT2D eigenvalue weighted by molar-refractivity contribution is 0.332. The summed E-state index contributed by atoms with van der Waals surface area (Å²) in [6.45, 7) is 41.5. The Morgan fingerprint density at radius 3 is 1.67 bits per heavy atom. The molecule has 0 atom stereocenters. The van der Waals surface area contributed by atoms with E-state index in [1.165, 1.54) is 130 Å². The van der Waals surface area contributed by atoms with Gasteiger partial charge in [0.15, 0.2) is 0 Å². The van der Waals surface area contributed by atoms with Gasteiger partial charge >= 0.3 is 0 Å². The van der Waals surface area contributed by atoms with Crippen LogP contribution < -0.4 is 30.7 Å². The van der Waals surface area contributed by atoms with E-state index in [1.54, 1.807) is 0 Å². The largest absolute Gasteiger partial charge is 0.311 e. The maximum atomic E-state index is 2.76. The van der Waals surface area contributed by atoms with E-state index < -0.39 is 8.80 Å². The van der Waals surface area contributed by atoms with Gasteiger partial charge in [-0.3, -0.25) is 0 Å². The summed E-state index contributed by atoms with van der Waals surface area (Å²) in [6.07, 6.45) is 4.79. The molecule has 64 heavy (non-hydrogen) atoms. The van der Waals surface area contributed by atoms with Gasteiger partial charge in [-0.05, 0) is 169 Å². The van der Waals surface area contributed by atoms with Crippen LogP contribution >= 0.6 is 11.3 Å². The maximum absolute atomic E-state index is 2.76. The quantitative estimate of drug-likeness (QED) is 0.163. The highest BCUT2D eigenvalue weighted by molar-refractivity contribution is 7.33. The van der Waals surface area contributed by atoms with Gasteiger partial charge in [-0.1, -0.05) is 140 Å². The minimum atomic E-state index is -0.880. The molecule has 0 unspecified atom stereocenters. The number of rotatable bonds is 3. The predicted molar refractivity (Wildman–Crippen MR) is 286 cm³/mol. The zero-order valence-corrected chi connectivity index (χ0v) is 44.0. The van der Waals surface area contributed by atoms with Gasteiger partial charge in [0, 0.05) is 43.3 Å². The summed E-state index contributed by atoms with van der Waals surface area (Å²) >= 11 is 2.05. The summed E-state index contributed by atoms with van der Waals surface area (Å²) in [5.74, 6) is 0. The molecule has 0 saturated carbocycles. The molecular formula is C59H72BN2SSi. The fourth-order valence-electron chi connectivity index (χ4n) is 12.0. The molecule has 2 aliphatic carbocycles. The van der Waals surface area contributed by atoms with Crippen LogP contribution in [0.1, 0.15) is 162 Å². The van der Waals surface area contributed by atoms with Crippen LogP contribution in [0.15, 0.2) is 78.9 Å². The monoisotopic (exact) mass is 880 g/mol. The van der Waals surface area contributed by atoms with Crippen molar-refractivity contribution in [3.8, 4) is 0 Å². The minimum absolute atomic E-state index is 0.0285. The van der Waals surface area contributed by atoms with Crippen LogP contribution in [0.25, 0.3) is 10.1 Å². The first kappa shape index (κ1) is 43.8. The number of thiophene rings is 1. The average molecular weight is 880 g/mol. The normalized spacial score (nSPS) is 19.0. The lowest BCUT2D eigenvalue weighted by atomic mass is 9.35. The molecule has 5 heteroatoms. The third-order valence-electron chi connectivity index (χ3n) is 16.4. The Kier molecular flexibility index (Phi) is 9.58. The molecule has 0 N–H and O–H groups in total. The van der Waals surface area contributed by atoms with Crippen molar-refractivity contribution in [2.45, 2.75) is 175 Å². The van der Waals surface area contributed by atoms with Crippen LogP contribution in [0.2, 0.25) is 13.1 Å². The molecule has 0 saturated heterocycles. The van der Waals surface area contributed by atoms with E-state index in [9.17, 15) is 0 Å². The fraction of sp³-hybridized carbons (Fsp3) is 0.458. The molecule has 3 heterocycles. The SMILES string of the molecule is Cc1cc2c3c(c1)N(c1ccc(C(C)(C)C)cc1[Si](C)C)c1c(sc4ccc(C(C)(C)C)cc14)B3c1cc3c(cc1N2c1ccc2c(c1)C(C)(C)CCC2(C)C)C(C)(C)CCC3(C)C. The van der Waals surface area contributed by atoms with E-state index in [-0.39, 0.29) is 39.2 Å². The third-order valence-corrected chi connectivity index (χ3v) is 19.1. The van der Waals surface area contributed by atoms with Gasteiger partial charge in [-0.25, -0.2) is 0 Å². The van der Waals surface area contributed by atoms with Crippen molar-refractivity contribution in [1.29, 1.82) is 0 Å². The van der Waals surface area contributed by atoms with Crippen molar-refractivity contribution >= 4 is 91.9 Å². The average Bonchev–Trinajstić information content (AvgIpc) is 3.58. The van der Waals surface area contributed by atoms with Gasteiger partial charge in [0.05, 0.1) is 14.5 Å². The highest BCUT2D eigenvalue weighted by Crippen LogP contribution is 2.54. The molecule has 0 bridgehead atoms. The van der Waals surface area contributed by atoms with Crippen molar-refractivity contribution in [1.82, 2.24) is 0 Å². The van der Waals surface area contributed by atoms with Gasteiger partial charge in [0.1, 0.15) is 0 Å². The second kappa shape index (κ2) is 14.0. The number of anilines is 6. The summed E-state index contributed by atoms with van der Waals surface area (Å²) < 4.78 is 2.86. The number of fused-ring (bicyclic) bond motifs is 8. The molecule has 0 amide bonds. The summed E-state index contributed by atoms with van der Waals surface area (Å²) in [6, 6.07) is 32.9. The van der Waals surface area contributed by atoms with Gasteiger partial charge in [0.2, 0.25) is 0 Å². The molecule has 0 fully saturated rings. The molecule has 4 aliphatic rings. The molecule has 6 aromatic rings. The first-order chi connectivity index (χ1) is 29.7. The van der Waals surface area contributed by atoms with E-state index in [0.717, 1.165) is 0 Å². The van der Waals surface area contributed by atoms with E-state index in [1.807, 2.05) is 11.3 Å². The standard InChI is InChI=1S/C59H72BN2SSi/c1-35-28-47-51-48(29-35)62(45-22-18-37(55(5,6)7)31-50(45)64(16)17)52-39-30-36(54(2,3)4)19-23-49(39)63-53(52)60(51)44-33-42-43(59(14,15)27-26-58(42,12)13)34-46(44)61(47)38-20-21-40-41(32-38)57(10,11)25-24-56(40,8)9/h18-23,28-34H,24-27H2,1-17H3. The van der Waals surface area contributed by atoms with E-state index in [2.05, 4.69) is 206 Å². The Morgan fingerprint density at radius 1 is 0.547 bits per heavy atom. The first-order valence-electron chi connectivity index (χ1n) is 24.3. The fourth-order valence-corrected chi connectivity index (χ4v) is 14.4. The van der Waals surface area contributed by atoms with Crippen molar-refractivity contribution < 1.29 is 0 Å². The van der Waals surface area contributed by atoms with Crippen LogP contribution in [0, 0.1) is 6.92 Å². The summed E-state index contributed by atoms with van der Waals surface area (Å²) in [7, 11) is -0.880. The maximum Gasteiger partial charge on any atom is 0.264 e. The second-order valence-electron chi connectivity index (χ2n) is 25.3. The minimum Gasteiger partial charge on any atom is -0.311 e. The predicted octanol–water partition coefficient (Wildman–Crippen LogP) is 14.5. The zero-order chi connectivity index (χ0) is 46.0. The van der Waals surface area contributed by atoms with Gasteiger partial charge in [-0.2, -0.15) is 0 Å². The highest BCUT2D eigenvalue weighted by Gasteiger charge is 2.49. The van der Waals surface area contributed by atoms with Crippen LogP contribution in [-0.2, 0) is 32.5 Å². The Morgan fingerprint density at radius 2 is 1.08 bits per heavy atom. The Bertz CT molecular complexity index is 2930. The number of aryl methyl sites for hydroxylation is 1. The lowest BCUT2D eigenvalue weighted by Gasteiger charge is -2.47. The Hall–Kier alpha value is -4.06. The van der Waals surface area contributed by atoms with Gasteiger partial charge in [-0.15, -0.1) is 11.3 Å². The Labute approximate surface area is 392 Å². The van der Waals surface area contributed by atoms with Crippen molar-refractivity contribution in [3.05, 3.63) is 118 Å². The summed E-state index contributed by atoms with van der Waals surface area (Å²) in [5.41, 5.74) is 21.7. The molecule has 1 aromatic heterocycles. The summed E-state index contributed by atoms with van der Waals surface area (Å²) in [5, 5.41) is 2.89. The van der Waals surface area contributed by atoms with Crippen molar-refractivity contribution in [2.75, 3.05) is 9.80 Å². The van der Waals surface area contributed by atoms with E-state index in [0.29, 0.717) is 0 Å². The van der Waals surface area contributed by atoms with E-state index in [4.69, 9.17) is 0 Å². The lowest BCUT2D eigenvalue weighted by Crippen LogP contribution is -2.61.